The molecule has 0 saturated carbocycles. The lowest BCUT2D eigenvalue weighted by Gasteiger charge is -2.40. The monoisotopic (exact) mass is 234 g/mol. The molecule has 3 heteroatoms. The molecule has 0 amide bonds. The number of aliphatic hydroxyl groups excluding tert-OH is 1. The molecule has 94 valence electrons. The smallest absolute Gasteiger partial charge is 0.0610 e. The first-order chi connectivity index (χ1) is 8.06. The molecule has 0 radical (unpaired) electrons. The lowest BCUT2D eigenvalue weighted by Crippen LogP contribution is -2.49. The molecule has 1 N–H and O–H groups in total. The van der Waals surface area contributed by atoms with E-state index in [0.717, 1.165) is 25.9 Å². The third-order valence-electron chi connectivity index (χ3n) is 3.71. The minimum absolute atomic E-state index is 0.138. The Labute approximate surface area is 103 Å². The summed E-state index contributed by atoms with van der Waals surface area (Å²) >= 11 is 0. The number of aryl methyl sites for hydroxylation is 1. The molecule has 0 aliphatic carbocycles. The first-order valence-corrected chi connectivity index (χ1v) is 6.40. The average Bonchev–Trinajstić information content (AvgIpc) is 2.37. The lowest BCUT2D eigenvalue weighted by molar-refractivity contribution is 0.0459. The Bertz CT molecular complexity index is 401. The number of fused-ring (bicyclic) bond motifs is 1. The van der Waals surface area contributed by atoms with Crippen molar-refractivity contribution in [3.63, 3.8) is 0 Å². The lowest BCUT2D eigenvalue weighted by atomic mass is 9.97. The largest absolute Gasteiger partial charge is 0.394 e. The highest BCUT2D eigenvalue weighted by atomic mass is 16.3. The predicted molar refractivity (Wildman–Crippen MR) is 68.9 cm³/mol. The van der Waals surface area contributed by atoms with Crippen LogP contribution in [0.15, 0.2) is 12.1 Å². The predicted octanol–water partition coefficient (Wildman–Crippen LogP) is 1.77. The first kappa shape index (κ1) is 12.5. The molecule has 0 spiro atoms. The van der Waals surface area contributed by atoms with Crippen molar-refractivity contribution in [1.82, 2.24) is 9.88 Å². The van der Waals surface area contributed by atoms with E-state index < -0.39 is 0 Å². The molecule has 3 nitrogen and oxygen atoms in total. The van der Waals surface area contributed by atoms with Crippen LogP contribution in [0.1, 0.15) is 37.7 Å². The zero-order valence-corrected chi connectivity index (χ0v) is 11.0. The Morgan fingerprint density at radius 3 is 2.82 bits per heavy atom. The van der Waals surface area contributed by atoms with E-state index in [1.165, 1.54) is 17.0 Å². The second kappa shape index (κ2) is 4.75. The van der Waals surface area contributed by atoms with Gasteiger partial charge in [-0.05, 0) is 31.9 Å². The summed E-state index contributed by atoms with van der Waals surface area (Å²) in [5.74, 6) is 0. The summed E-state index contributed by atoms with van der Waals surface area (Å²) in [6, 6.07) is 4.31. The van der Waals surface area contributed by atoms with E-state index in [-0.39, 0.29) is 12.1 Å². The summed E-state index contributed by atoms with van der Waals surface area (Å²) in [4.78, 5) is 7.02. The van der Waals surface area contributed by atoms with Gasteiger partial charge in [0.25, 0.3) is 0 Å². The Morgan fingerprint density at radius 2 is 2.18 bits per heavy atom. The van der Waals surface area contributed by atoms with E-state index in [1.807, 2.05) is 0 Å². The number of aromatic nitrogens is 1. The highest BCUT2D eigenvalue weighted by Crippen LogP contribution is 2.24. The van der Waals surface area contributed by atoms with E-state index in [4.69, 9.17) is 0 Å². The van der Waals surface area contributed by atoms with Gasteiger partial charge in [0.1, 0.15) is 0 Å². The molecule has 0 bridgehead atoms. The summed E-state index contributed by atoms with van der Waals surface area (Å²) < 4.78 is 0. The van der Waals surface area contributed by atoms with Crippen molar-refractivity contribution in [3.05, 3.63) is 29.1 Å². The highest BCUT2D eigenvalue weighted by molar-refractivity contribution is 5.26. The van der Waals surface area contributed by atoms with E-state index in [1.54, 1.807) is 0 Å². The number of hydrogen-bond acceptors (Lipinski definition) is 3. The second-order valence-electron chi connectivity index (χ2n) is 5.40. The van der Waals surface area contributed by atoms with Gasteiger partial charge in [0.15, 0.2) is 0 Å². The fourth-order valence-corrected chi connectivity index (χ4v) is 2.27. The first-order valence-electron chi connectivity index (χ1n) is 6.40. The van der Waals surface area contributed by atoms with Crippen LogP contribution in [0.4, 0.5) is 0 Å². The quantitative estimate of drug-likeness (QED) is 0.866. The van der Waals surface area contributed by atoms with Crippen LogP contribution in [0.2, 0.25) is 0 Å². The van der Waals surface area contributed by atoms with Crippen LogP contribution >= 0.6 is 0 Å². The van der Waals surface area contributed by atoms with Crippen molar-refractivity contribution in [2.45, 2.75) is 45.7 Å². The molecule has 2 rings (SSSR count). The zero-order valence-electron chi connectivity index (χ0n) is 11.0. The van der Waals surface area contributed by atoms with Crippen LogP contribution in [-0.2, 0) is 19.4 Å². The molecule has 0 fully saturated rings. The van der Waals surface area contributed by atoms with E-state index >= 15 is 0 Å². The molecule has 1 aliphatic rings. The van der Waals surface area contributed by atoms with Gasteiger partial charge in [-0.25, -0.2) is 0 Å². The van der Waals surface area contributed by atoms with Crippen LogP contribution in [0.25, 0.3) is 0 Å². The number of hydrogen-bond donors (Lipinski definition) is 1. The standard InChI is InChI=1S/C14H22N2O/c1-4-12-6-5-11-9-16(14(2,3)10-17)8-7-13(11)15-12/h5-6,17H,4,7-10H2,1-3H3. The van der Waals surface area contributed by atoms with Crippen molar-refractivity contribution in [1.29, 1.82) is 0 Å². The van der Waals surface area contributed by atoms with Crippen LogP contribution < -0.4 is 0 Å². The zero-order chi connectivity index (χ0) is 12.5. The molecule has 2 heterocycles. The molecule has 1 aliphatic heterocycles. The maximum Gasteiger partial charge on any atom is 0.0610 e. The van der Waals surface area contributed by atoms with Gasteiger partial charge in [0.2, 0.25) is 0 Å². The van der Waals surface area contributed by atoms with E-state index in [9.17, 15) is 5.11 Å². The van der Waals surface area contributed by atoms with Gasteiger partial charge in [-0.15, -0.1) is 0 Å². The van der Waals surface area contributed by atoms with Crippen LogP contribution in [-0.4, -0.2) is 33.7 Å². The second-order valence-corrected chi connectivity index (χ2v) is 5.40. The van der Waals surface area contributed by atoms with Gasteiger partial charge >= 0.3 is 0 Å². The minimum atomic E-state index is -0.138. The molecule has 0 aromatic carbocycles. The van der Waals surface area contributed by atoms with Crippen LogP contribution in [0, 0.1) is 0 Å². The van der Waals surface area contributed by atoms with Gasteiger partial charge in [-0.3, -0.25) is 9.88 Å². The van der Waals surface area contributed by atoms with Crippen molar-refractivity contribution >= 4 is 0 Å². The van der Waals surface area contributed by atoms with Crippen molar-refractivity contribution < 1.29 is 5.11 Å². The molecule has 0 atom stereocenters. The van der Waals surface area contributed by atoms with E-state index in [0.29, 0.717) is 0 Å². The summed E-state index contributed by atoms with van der Waals surface area (Å²) in [5.41, 5.74) is 3.60. The summed E-state index contributed by atoms with van der Waals surface area (Å²) in [6.45, 7) is 8.40. The molecule has 0 saturated heterocycles. The topological polar surface area (TPSA) is 36.4 Å². The Hall–Kier alpha value is -0.930. The van der Waals surface area contributed by atoms with Gasteiger partial charge in [-0.2, -0.15) is 0 Å². The van der Waals surface area contributed by atoms with E-state index in [2.05, 4.69) is 42.8 Å². The highest BCUT2D eigenvalue weighted by Gasteiger charge is 2.29. The summed E-state index contributed by atoms with van der Waals surface area (Å²) in [7, 11) is 0. The minimum Gasteiger partial charge on any atom is -0.394 e. The third-order valence-corrected chi connectivity index (χ3v) is 3.71. The fraction of sp³-hybridized carbons (Fsp3) is 0.643. The average molecular weight is 234 g/mol. The molecular weight excluding hydrogens is 212 g/mol. The summed E-state index contributed by atoms with van der Waals surface area (Å²) in [6.07, 6.45) is 1.99. The number of aliphatic hydroxyl groups is 1. The Kier molecular flexibility index (Phi) is 3.50. The molecular formula is C14H22N2O. The fourth-order valence-electron chi connectivity index (χ4n) is 2.27. The SMILES string of the molecule is CCc1ccc2c(n1)CCN(C(C)(C)CO)C2. The maximum absolute atomic E-state index is 9.42. The number of pyridine rings is 1. The van der Waals surface area contributed by atoms with Gasteiger partial charge in [0.05, 0.1) is 6.61 Å². The van der Waals surface area contributed by atoms with Crippen molar-refractivity contribution in [2.24, 2.45) is 0 Å². The maximum atomic E-state index is 9.42. The molecule has 0 unspecified atom stereocenters. The third kappa shape index (κ3) is 2.50. The molecule has 1 aromatic heterocycles. The summed E-state index contributed by atoms with van der Waals surface area (Å²) in [5, 5.41) is 9.42. The molecule has 1 aromatic rings. The van der Waals surface area contributed by atoms with Gasteiger partial charge < -0.3 is 5.11 Å². The number of rotatable bonds is 3. The molecule has 17 heavy (non-hydrogen) atoms. The van der Waals surface area contributed by atoms with Gasteiger partial charge in [-0.1, -0.05) is 13.0 Å². The van der Waals surface area contributed by atoms with Crippen molar-refractivity contribution in [2.75, 3.05) is 13.2 Å². The Morgan fingerprint density at radius 1 is 1.41 bits per heavy atom. The number of nitrogens with zero attached hydrogens (tertiary/aromatic N) is 2. The normalized spacial score (nSPS) is 16.9. The van der Waals surface area contributed by atoms with Crippen LogP contribution in [0.5, 0.6) is 0 Å². The Balaban J connectivity index is 2.20. The van der Waals surface area contributed by atoms with Crippen molar-refractivity contribution in [3.8, 4) is 0 Å². The van der Waals surface area contributed by atoms with Gasteiger partial charge in [0, 0.05) is 36.4 Å². The van der Waals surface area contributed by atoms with Crippen LogP contribution in [0.3, 0.4) is 0 Å².